The van der Waals surface area contributed by atoms with Crippen molar-refractivity contribution in [3.05, 3.63) is 30.3 Å². The normalized spacial score (nSPS) is 6.80. The molecular formula is C13H28NP. The Hall–Kier alpha value is -0.550. The van der Waals surface area contributed by atoms with Crippen molar-refractivity contribution in [2.45, 2.75) is 41.0 Å². The Morgan fingerprint density at radius 3 is 1.47 bits per heavy atom. The summed E-state index contributed by atoms with van der Waals surface area (Å²) in [5, 5.41) is 0. The summed E-state index contributed by atoms with van der Waals surface area (Å²) in [4.78, 5) is 0. The summed E-state index contributed by atoms with van der Waals surface area (Å²) >= 11 is 0. The molecule has 1 atom stereocenters. The lowest BCUT2D eigenvalue weighted by Crippen LogP contribution is -1.79. The Morgan fingerprint density at radius 2 is 1.33 bits per heavy atom. The molecule has 0 amide bonds. The lowest BCUT2D eigenvalue weighted by molar-refractivity contribution is 1.11. The molecule has 0 spiro atoms. The Bertz CT molecular complexity index is 161. The number of benzene rings is 1. The Balaban J connectivity index is -0.000000156. The van der Waals surface area contributed by atoms with E-state index in [4.69, 9.17) is 5.73 Å². The van der Waals surface area contributed by atoms with E-state index in [1.165, 1.54) is 12.6 Å². The second-order valence-electron chi connectivity index (χ2n) is 2.20. The summed E-state index contributed by atoms with van der Waals surface area (Å²) < 4.78 is 0. The van der Waals surface area contributed by atoms with Crippen molar-refractivity contribution >= 4 is 14.9 Å². The zero-order valence-electron chi connectivity index (χ0n) is 11.0. The van der Waals surface area contributed by atoms with E-state index in [-0.39, 0.29) is 0 Å². The molecule has 0 aliphatic heterocycles. The summed E-state index contributed by atoms with van der Waals surface area (Å²) in [5.74, 6) is 0. The molecule has 1 aromatic rings. The summed E-state index contributed by atoms with van der Waals surface area (Å²) in [7, 11) is 2.66. The van der Waals surface area contributed by atoms with Gasteiger partial charge in [0.1, 0.15) is 0 Å². The summed E-state index contributed by atoms with van der Waals surface area (Å²) in [6.45, 7) is 10.2. The minimum absolute atomic E-state index is 0.822. The third-order valence-electron chi connectivity index (χ3n) is 1.09. The zero-order chi connectivity index (χ0) is 12.5. The van der Waals surface area contributed by atoms with Gasteiger partial charge in [0.05, 0.1) is 0 Å². The number of rotatable bonds is 1. The van der Waals surface area contributed by atoms with Crippen molar-refractivity contribution in [2.24, 2.45) is 0 Å². The molecule has 0 radical (unpaired) electrons. The Kier molecular flexibility index (Phi) is 31.0. The van der Waals surface area contributed by atoms with Gasteiger partial charge in [-0.3, -0.25) is 0 Å². The highest BCUT2D eigenvalue weighted by atomic mass is 31.0. The number of hydrogen-bond donors (Lipinski definition) is 1. The molecular weight excluding hydrogens is 201 g/mol. The maximum Gasteiger partial charge on any atom is 0.0313 e. The summed E-state index contributed by atoms with van der Waals surface area (Å²) in [5.41, 5.74) is 6.18. The van der Waals surface area contributed by atoms with Crippen LogP contribution in [0.3, 0.4) is 0 Å². The molecule has 1 aromatic carbocycles. The molecule has 15 heavy (non-hydrogen) atoms. The van der Waals surface area contributed by atoms with Crippen molar-refractivity contribution < 1.29 is 0 Å². The van der Waals surface area contributed by atoms with E-state index >= 15 is 0 Å². The predicted molar refractivity (Wildman–Crippen MR) is 78.4 cm³/mol. The van der Waals surface area contributed by atoms with Gasteiger partial charge in [-0.1, -0.05) is 59.2 Å². The van der Waals surface area contributed by atoms with Crippen LogP contribution in [0.2, 0.25) is 0 Å². The number of para-hydroxylation sites is 1. The molecule has 2 heteroatoms. The number of anilines is 1. The molecule has 0 aromatic heterocycles. The van der Waals surface area contributed by atoms with Crippen LogP contribution in [-0.2, 0) is 0 Å². The highest BCUT2D eigenvalue weighted by Crippen LogP contribution is 1.95. The maximum atomic E-state index is 5.36. The van der Waals surface area contributed by atoms with Gasteiger partial charge in [0.25, 0.3) is 0 Å². The zero-order valence-corrected chi connectivity index (χ0v) is 12.1. The van der Waals surface area contributed by atoms with E-state index in [1.54, 1.807) is 0 Å². The molecule has 0 saturated carbocycles. The molecule has 0 saturated heterocycles. The SMILES string of the molecule is CC.CC.CCCP.Nc1ccccc1. The molecule has 0 aliphatic carbocycles. The largest absolute Gasteiger partial charge is 0.399 e. The highest BCUT2D eigenvalue weighted by molar-refractivity contribution is 7.16. The first-order valence-electron chi connectivity index (χ1n) is 5.81. The van der Waals surface area contributed by atoms with Crippen molar-refractivity contribution in [3.63, 3.8) is 0 Å². The average Bonchev–Trinajstić information content (AvgIpc) is 2.35. The van der Waals surface area contributed by atoms with Crippen LogP contribution in [0.1, 0.15) is 41.0 Å². The third kappa shape index (κ3) is 24.7. The van der Waals surface area contributed by atoms with Gasteiger partial charge in [-0.15, -0.1) is 9.24 Å². The quantitative estimate of drug-likeness (QED) is 0.553. The first-order valence-corrected chi connectivity index (χ1v) is 6.63. The Labute approximate surface area is 98.7 Å². The second kappa shape index (κ2) is 23.3. The van der Waals surface area contributed by atoms with Crippen LogP contribution in [0.25, 0.3) is 0 Å². The van der Waals surface area contributed by atoms with Crippen LogP contribution in [0.15, 0.2) is 30.3 Å². The van der Waals surface area contributed by atoms with E-state index in [9.17, 15) is 0 Å². The van der Waals surface area contributed by atoms with E-state index in [0.29, 0.717) is 0 Å². The Morgan fingerprint density at radius 1 is 1.00 bits per heavy atom. The lowest BCUT2D eigenvalue weighted by Gasteiger charge is -1.83. The molecule has 90 valence electrons. The van der Waals surface area contributed by atoms with E-state index < -0.39 is 0 Å². The van der Waals surface area contributed by atoms with Crippen molar-refractivity contribution in [1.82, 2.24) is 0 Å². The van der Waals surface area contributed by atoms with Crippen LogP contribution in [-0.4, -0.2) is 6.16 Å². The highest BCUT2D eigenvalue weighted by Gasteiger charge is 1.72. The van der Waals surface area contributed by atoms with Crippen molar-refractivity contribution in [1.29, 1.82) is 0 Å². The van der Waals surface area contributed by atoms with Crippen molar-refractivity contribution in [2.75, 3.05) is 11.9 Å². The predicted octanol–water partition coefficient (Wildman–Crippen LogP) is 4.59. The first-order chi connectivity index (χ1) is 7.31. The van der Waals surface area contributed by atoms with Gasteiger partial charge < -0.3 is 5.73 Å². The summed E-state index contributed by atoms with van der Waals surface area (Å²) in [6.07, 6.45) is 2.52. The number of nitrogens with two attached hydrogens (primary N) is 1. The van der Waals surface area contributed by atoms with E-state index in [0.717, 1.165) is 5.69 Å². The minimum Gasteiger partial charge on any atom is -0.399 e. The lowest BCUT2D eigenvalue weighted by atomic mass is 10.3. The average molecular weight is 229 g/mol. The van der Waals surface area contributed by atoms with Crippen LogP contribution < -0.4 is 5.73 Å². The molecule has 1 unspecified atom stereocenters. The first kappa shape index (κ1) is 19.9. The van der Waals surface area contributed by atoms with Gasteiger partial charge in [0.2, 0.25) is 0 Å². The molecule has 2 N–H and O–H groups in total. The van der Waals surface area contributed by atoms with Gasteiger partial charge in [0, 0.05) is 5.69 Å². The van der Waals surface area contributed by atoms with E-state index in [1.807, 2.05) is 58.0 Å². The van der Waals surface area contributed by atoms with E-state index in [2.05, 4.69) is 16.2 Å². The monoisotopic (exact) mass is 229 g/mol. The fourth-order valence-electron chi connectivity index (χ4n) is 0.453. The molecule has 0 bridgehead atoms. The van der Waals surface area contributed by atoms with Crippen LogP contribution in [0.5, 0.6) is 0 Å². The standard InChI is InChI=1S/C6H7N.C3H9P.2C2H6/c7-6-4-2-1-3-5-6;1-2-3-4;2*1-2/h1-5H,7H2;2-4H2,1H3;2*1-2H3. The fourth-order valence-corrected chi connectivity index (χ4v) is 0.453. The number of nitrogen functional groups attached to an aromatic ring is 1. The molecule has 0 aliphatic rings. The smallest absolute Gasteiger partial charge is 0.0313 e. The topological polar surface area (TPSA) is 26.0 Å². The summed E-state index contributed by atoms with van der Waals surface area (Å²) in [6, 6.07) is 9.49. The third-order valence-corrected chi connectivity index (χ3v) is 1.67. The maximum absolute atomic E-state index is 5.36. The van der Waals surface area contributed by atoms with Crippen molar-refractivity contribution in [3.8, 4) is 0 Å². The number of hydrogen-bond acceptors (Lipinski definition) is 1. The minimum atomic E-state index is 0.822. The molecule has 1 nitrogen and oxygen atoms in total. The fraction of sp³-hybridized carbons (Fsp3) is 0.538. The van der Waals surface area contributed by atoms with Gasteiger partial charge in [-0.25, -0.2) is 0 Å². The molecule has 0 fully saturated rings. The van der Waals surface area contributed by atoms with Crippen LogP contribution in [0.4, 0.5) is 5.69 Å². The van der Waals surface area contributed by atoms with Gasteiger partial charge in [0.15, 0.2) is 0 Å². The van der Waals surface area contributed by atoms with Gasteiger partial charge in [-0.05, 0) is 18.3 Å². The van der Waals surface area contributed by atoms with Gasteiger partial charge >= 0.3 is 0 Å². The van der Waals surface area contributed by atoms with Crippen LogP contribution in [0, 0.1) is 0 Å². The van der Waals surface area contributed by atoms with Gasteiger partial charge in [-0.2, -0.15) is 0 Å². The molecule has 0 heterocycles. The second-order valence-corrected chi connectivity index (χ2v) is 2.78. The van der Waals surface area contributed by atoms with Crippen LogP contribution >= 0.6 is 9.24 Å². The molecule has 1 rings (SSSR count).